The van der Waals surface area contributed by atoms with Crippen LogP contribution in [-0.4, -0.2) is 21.8 Å². The van der Waals surface area contributed by atoms with Gasteiger partial charge in [-0.1, -0.05) is 12.1 Å². The predicted octanol–water partition coefficient (Wildman–Crippen LogP) is 5.15. The van der Waals surface area contributed by atoms with E-state index >= 15 is 0 Å². The number of aliphatic hydroxyl groups excluding tert-OH is 1. The first-order valence-electron chi connectivity index (χ1n) is 11.4. The van der Waals surface area contributed by atoms with Crippen molar-refractivity contribution in [2.75, 3.05) is 4.90 Å². The van der Waals surface area contributed by atoms with Crippen molar-refractivity contribution in [1.82, 2.24) is 4.98 Å². The number of benzene rings is 2. The average Bonchev–Trinajstić information content (AvgIpc) is 2.86. The van der Waals surface area contributed by atoms with Crippen molar-refractivity contribution < 1.29 is 19.4 Å². The van der Waals surface area contributed by atoms with Crippen LogP contribution in [0.1, 0.15) is 54.3 Å². The van der Waals surface area contributed by atoms with E-state index in [1.807, 2.05) is 6.07 Å². The van der Waals surface area contributed by atoms with Gasteiger partial charge in [0, 0.05) is 17.4 Å². The van der Waals surface area contributed by atoms with E-state index in [4.69, 9.17) is 20.0 Å². The number of carbonyl (C=O) groups is 1. The maximum atomic E-state index is 13.1. The van der Waals surface area contributed by atoms with Crippen LogP contribution in [0, 0.1) is 29.6 Å². The van der Waals surface area contributed by atoms with Gasteiger partial charge in [-0.3, -0.25) is 9.88 Å². The summed E-state index contributed by atoms with van der Waals surface area (Å²) in [5.74, 6) is 0.418. The van der Waals surface area contributed by atoms with Crippen LogP contribution in [0.4, 0.5) is 10.5 Å². The molecule has 0 saturated heterocycles. The smallest absolute Gasteiger partial charge is 0.415 e. The van der Waals surface area contributed by atoms with Crippen LogP contribution >= 0.6 is 0 Å². The Morgan fingerprint density at radius 2 is 1.78 bits per heavy atom. The molecule has 36 heavy (non-hydrogen) atoms. The quantitative estimate of drug-likeness (QED) is 0.493. The van der Waals surface area contributed by atoms with Crippen molar-refractivity contribution >= 4 is 11.8 Å². The minimum atomic E-state index is -0.723. The molecule has 0 unspecified atom stereocenters. The summed E-state index contributed by atoms with van der Waals surface area (Å²) in [5.41, 5.74) is 3.27. The Morgan fingerprint density at radius 1 is 1.08 bits per heavy atom. The standard InChI is InChI=1S/C28H28N4O4/c1-19-26(35-18-22-7-5-6-21(12-22)14-30)25(17-33)23(15-31-19)16-32(27(34)36-28(2,3)4)24-10-8-20(13-29)9-11-24/h5-12,15,33H,16-18H2,1-4H3. The monoisotopic (exact) mass is 484 g/mol. The van der Waals surface area contributed by atoms with E-state index in [2.05, 4.69) is 17.1 Å². The molecule has 1 amide bonds. The van der Waals surface area contributed by atoms with Crippen molar-refractivity contribution in [1.29, 1.82) is 10.5 Å². The first kappa shape index (κ1) is 26.2. The zero-order valence-corrected chi connectivity index (χ0v) is 20.8. The molecule has 3 aromatic rings. The zero-order chi connectivity index (χ0) is 26.3. The van der Waals surface area contributed by atoms with E-state index in [-0.39, 0.29) is 19.8 Å². The van der Waals surface area contributed by atoms with Crippen molar-refractivity contribution in [2.45, 2.75) is 53.1 Å². The maximum absolute atomic E-state index is 13.1. The lowest BCUT2D eigenvalue weighted by Crippen LogP contribution is -2.36. The van der Waals surface area contributed by atoms with E-state index < -0.39 is 11.7 Å². The SMILES string of the molecule is Cc1ncc(CN(C(=O)OC(C)(C)C)c2ccc(C#N)cc2)c(CO)c1OCc1cccc(C#N)c1. The van der Waals surface area contributed by atoms with Crippen LogP contribution < -0.4 is 9.64 Å². The molecule has 0 spiro atoms. The Bertz CT molecular complexity index is 1320. The first-order chi connectivity index (χ1) is 17.1. The molecular formula is C28H28N4O4. The molecule has 0 aliphatic rings. The molecule has 8 nitrogen and oxygen atoms in total. The number of hydrogen-bond donors (Lipinski definition) is 1. The molecule has 3 rings (SSSR count). The number of aromatic nitrogens is 1. The maximum Gasteiger partial charge on any atom is 0.415 e. The van der Waals surface area contributed by atoms with E-state index in [0.717, 1.165) is 5.56 Å². The molecule has 0 aliphatic carbocycles. The molecule has 1 heterocycles. The van der Waals surface area contributed by atoms with E-state index in [1.54, 1.807) is 76.4 Å². The number of ether oxygens (including phenoxy) is 2. The van der Waals surface area contributed by atoms with Gasteiger partial charge < -0.3 is 14.6 Å². The number of rotatable bonds is 7. The van der Waals surface area contributed by atoms with E-state index in [1.165, 1.54) is 4.90 Å². The Balaban J connectivity index is 1.95. The third-order valence-corrected chi connectivity index (χ3v) is 5.25. The number of aliphatic hydroxyl groups is 1. The van der Waals surface area contributed by atoms with Crippen LogP contribution in [0.2, 0.25) is 0 Å². The molecule has 2 aromatic carbocycles. The second-order valence-electron chi connectivity index (χ2n) is 9.16. The van der Waals surface area contributed by atoms with Gasteiger partial charge in [0.25, 0.3) is 0 Å². The first-order valence-corrected chi connectivity index (χ1v) is 11.4. The highest BCUT2D eigenvalue weighted by Gasteiger charge is 2.26. The fraction of sp³-hybridized carbons (Fsp3) is 0.286. The lowest BCUT2D eigenvalue weighted by atomic mass is 10.1. The Labute approximate surface area is 211 Å². The number of carbonyl (C=O) groups excluding carboxylic acids is 1. The Kier molecular flexibility index (Phi) is 8.26. The minimum absolute atomic E-state index is 0.0598. The molecule has 0 aliphatic heterocycles. The van der Waals surface area contributed by atoms with Gasteiger partial charge in [0.1, 0.15) is 18.0 Å². The third kappa shape index (κ3) is 6.59. The number of hydrogen-bond acceptors (Lipinski definition) is 7. The summed E-state index contributed by atoms with van der Waals surface area (Å²) in [4.78, 5) is 19.0. The summed E-state index contributed by atoms with van der Waals surface area (Å²) < 4.78 is 11.7. The van der Waals surface area contributed by atoms with Crippen molar-refractivity contribution in [3.63, 3.8) is 0 Å². The highest BCUT2D eigenvalue weighted by atomic mass is 16.6. The molecule has 0 atom stereocenters. The summed E-state index contributed by atoms with van der Waals surface area (Å²) in [5, 5.41) is 28.5. The Hall–Kier alpha value is -4.40. The summed E-state index contributed by atoms with van der Waals surface area (Å²) in [6.45, 7) is 7.02. The van der Waals surface area contributed by atoms with Crippen LogP contribution in [0.3, 0.4) is 0 Å². The van der Waals surface area contributed by atoms with Gasteiger partial charge >= 0.3 is 6.09 Å². The molecule has 184 valence electrons. The lowest BCUT2D eigenvalue weighted by molar-refractivity contribution is 0.0577. The largest absolute Gasteiger partial charge is 0.487 e. The number of pyridine rings is 1. The topological polar surface area (TPSA) is 119 Å². The number of amides is 1. The number of nitrogens with zero attached hydrogens (tertiary/aromatic N) is 4. The molecule has 0 radical (unpaired) electrons. The predicted molar refractivity (Wildman–Crippen MR) is 134 cm³/mol. The number of anilines is 1. The van der Waals surface area contributed by atoms with Crippen molar-refractivity contribution in [2.24, 2.45) is 0 Å². The second kappa shape index (κ2) is 11.4. The lowest BCUT2D eigenvalue weighted by Gasteiger charge is -2.28. The summed E-state index contributed by atoms with van der Waals surface area (Å²) in [7, 11) is 0. The zero-order valence-electron chi connectivity index (χ0n) is 20.8. The molecule has 0 saturated carbocycles. The highest BCUT2D eigenvalue weighted by Crippen LogP contribution is 2.29. The van der Waals surface area contributed by atoms with Crippen LogP contribution in [0.15, 0.2) is 54.7 Å². The fourth-order valence-electron chi connectivity index (χ4n) is 3.53. The van der Waals surface area contributed by atoms with Gasteiger partial charge in [-0.05, 0) is 75.2 Å². The number of nitriles is 2. The van der Waals surface area contributed by atoms with E-state index in [0.29, 0.717) is 39.4 Å². The molecule has 0 fully saturated rings. The summed E-state index contributed by atoms with van der Waals surface area (Å²) in [6.07, 6.45) is 1.03. The third-order valence-electron chi connectivity index (χ3n) is 5.25. The average molecular weight is 485 g/mol. The molecular weight excluding hydrogens is 456 g/mol. The van der Waals surface area contributed by atoms with Gasteiger partial charge in [-0.2, -0.15) is 10.5 Å². The van der Waals surface area contributed by atoms with Crippen LogP contribution in [0.25, 0.3) is 0 Å². The minimum Gasteiger partial charge on any atom is -0.487 e. The summed E-state index contributed by atoms with van der Waals surface area (Å²) in [6, 6.07) is 17.8. The summed E-state index contributed by atoms with van der Waals surface area (Å²) >= 11 is 0. The fourth-order valence-corrected chi connectivity index (χ4v) is 3.53. The van der Waals surface area contributed by atoms with Crippen molar-refractivity contribution in [3.05, 3.63) is 88.2 Å². The van der Waals surface area contributed by atoms with Gasteiger partial charge in [-0.15, -0.1) is 0 Å². The van der Waals surface area contributed by atoms with Gasteiger partial charge in [0.05, 0.1) is 42.1 Å². The van der Waals surface area contributed by atoms with Crippen LogP contribution in [-0.2, 0) is 24.5 Å². The molecule has 8 heteroatoms. The van der Waals surface area contributed by atoms with Crippen LogP contribution in [0.5, 0.6) is 5.75 Å². The van der Waals surface area contributed by atoms with Crippen molar-refractivity contribution in [3.8, 4) is 17.9 Å². The van der Waals surface area contributed by atoms with Gasteiger partial charge in [0.15, 0.2) is 0 Å². The van der Waals surface area contributed by atoms with E-state index in [9.17, 15) is 9.90 Å². The molecule has 0 bridgehead atoms. The second-order valence-corrected chi connectivity index (χ2v) is 9.16. The molecule has 1 N–H and O–H groups in total. The Morgan fingerprint density at radius 3 is 2.39 bits per heavy atom. The molecule has 1 aromatic heterocycles. The number of aryl methyl sites for hydroxylation is 1. The van der Waals surface area contributed by atoms with Gasteiger partial charge in [0.2, 0.25) is 0 Å². The normalized spacial score (nSPS) is 10.8. The van der Waals surface area contributed by atoms with Gasteiger partial charge in [-0.25, -0.2) is 4.79 Å². The highest BCUT2D eigenvalue weighted by molar-refractivity contribution is 5.88.